The van der Waals surface area contributed by atoms with E-state index in [0.29, 0.717) is 5.92 Å². The number of pyridine rings is 2. The number of fused-ring (bicyclic) bond motifs is 2. The second kappa shape index (κ2) is 17.3. The molecule has 0 aliphatic carbocycles. The number of carbonyl (C=O) groups is 1. The summed E-state index contributed by atoms with van der Waals surface area (Å²) in [6, 6.07) is 20.5. The second-order valence-electron chi connectivity index (χ2n) is 15.6. The molecule has 0 saturated carbocycles. The third kappa shape index (κ3) is 9.45. The van der Waals surface area contributed by atoms with Crippen molar-refractivity contribution in [2.24, 2.45) is 16.7 Å². The summed E-state index contributed by atoms with van der Waals surface area (Å²) in [5.41, 5.74) is 7.67. The van der Waals surface area contributed by atoms with E-state index in [2.05, 4.69) is 82.1 Å². The number of allylic oxidation sites excluding steroid dienone is 2. The fraction of sp³-hybridized carbons (Fsp3) is 0.444. The van der Waals surface area contributed by atoms with Gasteiger partial charge in [-0.2, -0.15) is 0 Å². The normalized spacial score (nSPS) is 12.5. The molecule has 0 spiro atoms. The van der Waals surface area contributed by atoms with Crippen molar-refractivity contribution in [3.63, 3.8) is 0 Å². The summed E-state index contributed by atoms with van der Waals surface area (Å²) < 4.78 is 6.01. The first-order valence-corrected chi connectivity index (χ1v) is 18.3. The number of hydrogen-bond donors (Lipinski definition) is 1. The smallest absolute Gasteiger partial charge is 0.164 e. The Hall–Kier alpha value is -3.60. The Kier molecular flexibility index (Phi) is 14.2. The summed E-state index contributed by atoms with van der Waals surface area (Å²) in [6.45, 7) is 23.3. The molecule has 1 radical (unpaired) electrons. The van der Waals surface area contributed by atoms with Gasteiger partial charge in [0.05, 0.1) is 6.26 Å². The van der Waals surface area contributed by atoms with E-state index >= 15 is 0 Å². The van der Waals surface area contributed by atoms with Gasteiger partial charge in [0.1, 0.15) is 11.3 Å². The zero-order valence-corrected chi connectivity index (χ0v) is 34.9. The van der Waals surface area contributed by atoms with Gasteiger partial charge in [-0.25, -0.2) is 0 Å². The summed E-state index contributed by atoms with van der Waals surface area (Å²) in [7, 11) is 0. The van der Waals surface area contributed by atoms with Gasteiger partial charge in [-0.3, -0.25) is 14.8 Å². The van der Waals surface area contributed by atoms with Crippen molar-refractivity contribution in [1.29, 1.82) is 0 Å². The molecule has 5 rings (SSSR count). The van der Waals surface area contributed by atoms with Gasteiger partial charge in [0, 0.05) is 66.2 Å². The quantitative estimate of drug-likeness (QED) is 0.0813. The maximum Gasteiger partial charge on any atom is 0.164 e. The van der Waals surface area contributed by atoms with Crippen molar-refractivity contribution < 1.29 is 34.4 Å². The minimum Gasteiger partial charge on any atom is -0.512 e. The van der Waals surface area contributed by atoms with Crippen LogP contribution in [-0.4, -0.2) is 20.9 Å². The van der Waals surface area contributed by atoms with Crippen LogP contribution in [0.2, 0.25) is 0 Å². The maximum absolute atomic E-state index is 12.2. The molecule has 0 aliphatic heterocycles. The van der Waals surface area contributed by atoms with Gasteiger partial charge in [-0.05, 0) is 61.1 Å². The van der Waals surface area contributed by atoms with E-state index in [-0.39, 0.29) is 47.9 Å². The first-order valence-electron chi connectivity index (χ1n) is 18.3. The van der Waals surface area contributed by atoms with E-state index in [1.54, 1.807) is 0 Å². The topological polar surface area (TPSA) is 76.2 Å². The van der Waals surface area contributed by atoms with E-state index in [9.17, 15) is 9.90 Å². The summed E-state index contributed by atoms with van der Waals surface area (Å²) in [5, 5.41) is 12.5. The number of aromatic nitrogens is 2. The van der Waals surface area contributed by atoms with Crippen LogP contribution in [0.4, 0.5) is 0 Å². The zero-order valence-electron chi connectivity index (χ0n) is 32.5. The Bertz CT molecular complexity index is 1960. The van der Waals surface area contributed by atoms with E-state index in [0.717, 1.165) is 76.5 Å². The van der Waals surface area contributed by atoms with Crippen LogP contribution >= 0.6 is 0 Å². The largest absolute Gasteiger partial charge is 0.512 e. The van der Waals surface area contributed by atoms with E-state index < -0.39 is 0 Å². The molecule has 275 valence electrons. The number of carbonyl (C=O) groups excluding carboxylic acids is 1. The van der Waals surface area contributed by atoms with Gasteiger partial charge in [-0.1, -0.05) is 111 Å². The maximum atomic E-state index is 12.2. The molecule has 5 nitrogen and oxygen atoms in total. The Labute approximate surface area is 319 Å². The van der Waals surface area contributed by atoms with Crippen molar-refractivity contribution in [2.45, 2.75) is 114 Å². The zero-order chi connectivity index (χ0) is 36.9. The number of ketones is 1. The van der Waals surface area contributed by atoms with Crippen LogP contribution in [0.15, 0.2) is 83.4 Å². The molecule has 3 aromatic heterocycles. The number of aliphatic hydroxyl groups excluding tert-OH is 1. The van der Waals surface area contributed by atoms with Gasteiger partial charge >= 0.3 is 0 Å². The molecule has 1 N–H and O–H groups in total. The number of aliphatic hydroxyl groups is 1. The molecular weight excluding hydrogens is 809 g/mol. The fourth-order valence-electron chi connectivity index (χ4n) is 6.21. The molecule has 2 aromatic carbocycles. The van der Waals surface area contributed by atoms with Crippen molar-refractivity contribution in [3.05, 3.63) is 96.2 Å². The van der Waals surface area contributed by atoms with Crippen LogP contribution in [0.3, 0.4) is 0 Å². The molecule has 5 aromatic rings. The number of benzene rings is 2. The number of furan rings is 1. The average molecular weight is 866 g/mol. The molecule has 0 fully saturated rings. The number of rotatable bonds is 11. The Morgan fingerprint density at radius 1 is 0.882 bits per heavy atom. The number of nitrogens with zero attached hydrogens (tertiary/aromatic N) is 2. The molecule has 0 bridgehead atoms. The summed E-state index contributed by atoms with van der Waals surface area (Å²) in [4.78, 5) is 21.5. The van der Waals surface area contributed by atoms with Crippen LogP contribution in [0, 0.1) is 22.8 Å². The molecule has 0 unspecified atom stereocenters. The van der Waals surface area contributed by atoms with E-state index in [1.165, 1.54) is 17.0 Å². The summed E-state index contributed by atoms with van der Waals surface area (Å²) >= 11 is 0. The van der Waals surface area contributed by atoms with Crippen molar-refractivity contribution in [3.8, 4) is 22.4 Å². The molecule has 0 atom stereocenters. The predicted octanol–water partition coefficient (Wildman–Crippen LogP) is 12.7. The van der Waals surface area contributed by atoms with Crippen molar-refractivity contribution >= 4 is 27.7 Å². The molecule has 6 heteroatoms. The fourth-order valence-corrected chi connectivity index (χ4v) is 6.21. The van der Waals surface area contributed by atoms with E-state index in [4.69, 9.17) is 9.40 Å². The summed E-state index contributed by atoms with van der Waals surface area (Å²) in [5.74, 6) is 0.831. The van der Waals surface area contributed by atoms with Gasteiger partial charge in [0.2, 0.25) is 0 Å². The minimum absolute atomic E-state index is 0. The van der Waals surface area contributed by atoms with Gasteiger partial charge in [-0.15, -0.1) is 29.1 Å². The predicted molar refractivity (Wildman–Crippen MR) is 209 cm³/mol. The van der Waals surface area contributed by atoms with Gasteiger partial charge in [0.25, 0.3) is 0 Å². The molecule has 0 amide bonds. The standard InChI is InChI=1S/C30H29N2O.C15H28O2.Ir/c1-19(2)14-23-18-33-29-25(11-13-32-28(23)29)21-10-12-31-27(17-21)22-15-20-8-6-7-9-24(20)26(16-22)30(3,4)5;1-7-14(5,8-2)12(16)11-13(17)15(6,9-3)10-4;/h6-13,16-19H,14H2,1-5H3;11,16H,7-10H2,1-6H3;/q-1;;/b;12-11-;. The molecule has 0 saturated heterocycles. The summed E-state index contributed by atoms with van der Waals surface area (Å²) in [6.07, 6.45) is 11.3. The van der Waals surface area contributed by atoms with E-state index in [1.807, 2.05) is 72.3 Å². The Morgan fingerprint density at radius 3 is 2.12 bits per heavy atom. The number of hydrogen-bond acceptors (Lipinski definition) is 5. The Morgan fingerprint density at radius 2 is 1.51 bits per heavy atom. The third-order valence-electron chi connectivity index (χ3n) is 10.7. The SMILES string of the molecule is CC(C)Cc1coc2c(-c3ccnc(-c4[c-]c5ccccc5c(C(C)(C)C)c4)c3)ccnc12.CCC(C)(CC)C(=O)/C=C(\O)C(C)(CC)CC.[Ir]. The third-order valence-corrected chi connectivity index (χ3v) is 10.7. The van der Waals surface area contributed by atoms with Gasteiger partial charge < -0.3 is 9.52 Å². The first-order chi connectivity index (χ1) is 23.6. The van der Waals surface area contributed by atoms with Crippen molar-refractivity contribution in [2.75, 3.05) is 0 Å². The van der Waals surface area contributed by atoms with Crippen LogP contribution in [0.5, 0.6) is 0 Å². The average Bonchev–Trinajstić information content (AvgIpc) is 3.52. The Balaban J connectivity index is 0.000000335. The monoisotopic (exact) mass is 866 g/mol. The minimum atomic E-state index is -0.337. The van der Waals surface area contributed by atoms with Crippen LogP contribution in [0.1, 0.15) is 113 Å². The molecular formula is C45H57IrN2O3-. The van der Waals surface area contributed by atoms with Crippen LogP contribution < -0.4 is 0 Å². The van der Waals surface area contributed by atoms with Crippen molar-refractivity contribution in [1.82, 2.24) is 9.97 Å². The second-order valence-corrected chi connectivity index (χ2v) is 15.6. The molecule has 0 aliphatic rings. The molecule has 51 heavy (non-hydrogen) atoms. The van der Waals surface area contributed by atoms with Crippen LogP contribution in [-0.2, 0) is 36.7 Å². The van der Waals surface area contributed by atoms with Crippen LogP contribution in [0.25, 0.3) is 44.3 Å². The first kappa shape index (κ1) is 41.8. The van der Waals surface area contributed by atoms with Gasteiger partial charge in [0.15, 0.2) is 11.4 Å². The molecule has 3 heterocycles.